The van der Waals surface area contributed by atoms with Crippen molar-refractivity contribution in [3.63, 3.8) is 0 Å². The van der Waals surface area contributed by atoms with Gasteiger partial charge in [-0.2, -0.15) is 0 Å². The molecule has 1 aromatic heterocycles. The van der Waals surface area contributed by atoms with Crippen LogP contribution in [0, 0.1) is 0 Å². The number of rotatable bonds is 4. The first-order valence-electron chi connectivity index (χ1n) is 6.06. The van der Waals surface area contributed by atoms with Gasteiger partial charge in [-0.3, -0.25) is 4.79 Å². The number of anilines is 1. The van der Waals surface area contributed by atoms with Crippen molar-refractivity contribution in [1.29, 1.82) is 0 Å². The van der Waals surface area contributed by atoms with Gasteiger partial charge in [-0.1, -0.05) is 23.2 Å². The van der Waals surface area contributed by atoms with Gasteiger partial charge in [0.15, 0.2) is 5.75 Å². The second-order valence-electron chi connectivity index (χ2n) is 4.02. The zero-order chi connectivity index (χ0) is 15.4. The summed E-state index contributed by atoms with van der Waals surface area (Å²) in [4.78, 5) is 16.1. The highest BCUT2D eigenvalue weighted by atomic mass is 79.9. The SMILES string of the molecule is CCOc1c(Br)cc(Cl)cc1NC(=O)c1ccnc(Cl)c1. The molecule has 4 nitrogen and oxygen atoms in total. The third-order valence-corrected chi connectivity index (χ3v) is 3.55. The van der Waals surface area contributed by atoms with Gasteiger partial charge in [0, 0.05) is 16.8 Å². The van der Waals surface area contributed by atoms with E-state index in [2.05, 4.69) is 26.2 Å². The number of nitrogens with one attached hydrogen (secondary N) is 1. The van der Waals surface area contributed by atoms with Crippen LogP contribution in [0.3, 0.4) is 0 Å². The molecule has 0 aliphatic rings. The molecule has 1 aromatic carbocycles. The van der Waals surface area contributed by atoms with Gasteiger partial charge >= 0.3 is 0 Å². The molecule has 2 aromatic rings. The normalized spacial score (nSPS) is 10.3. The van der Waals surface area contributed by atoms with E-state index in [1.807, 2.05) is 6.92 Å². The fraction of sp³-hybridized carbons (Fsp3) is 0.143. The number of ether oxygens (including phenoxy) is 1. The van der Waals surface area contributed by atoms with E-state index in [1.54, 1.807) is 18.2 Å². The topological polar surface area (TPSA) is 51.2 Å². The van der Waals surface area contributed by atoms with Crippen LogP contribution in [-0.4, -0.2) is 17.5 Å². The molecule has 7 heteroatoms. The van der Waals surface area contributed by atoms with Crippen molar-refractivity contribution >= 4 is 50.7 Å². The Kier molecular flexibility index (Phi) is 5.45. The number of benzene rings is 1. The van der Waals surface area contributed by atoms with Crippen LogP contribution in [0.15, 0.2) is 34.9 Å². The number of halogens is 3. The Balaban J connectivity index is 2.32. The quantitative estimate of drug-likeness (QED) is 0.764. The van der Waals surface area contributed by atoms with E-state index in [9.17, 15) is 4.79 Å². The number of pyridine rings is 1. The Labute approximate surface area is 140 Å². The summed E-state index contributed by atoms with van der Waals surface area (Å²) in [5.41, 5.74) is 0.878. The summed E-state index contributed by atoms with van der Waals surface area (Å²) in [6, 6.07) is 6.38. The van der Waals surface area contributed by atoms with Crippen molar-refractivity contribution in [2.24, 2.45) is 0 Å². The van der Waals surface area contributed by atoms with Gasteiger partial charge in [-0.25, -0.2) is 4.98 Å². The van der Waals surface area contributed by atoms with Crippen LogP contribution in [0.4, 0.5) is 5.69 Å². The van der Waals surface area contributed by atoms with Crippen molar-refractivity contribution in [3.05, 3.63) is 50.7 Å². The molecule has 110 valence electrons. The lowest BCUT2D eigenvalue weighted by molar-refractivity contribution is 0.102. The average Bonchev–Trinajstić information content (AvgIpc) is 2.42. The maximum atomic E-state index is 12.2. The highest BCUT2D eigenvalue weighted by molar-refractivity contribution is 9.10. The molecule has 1 N–H and O–H groups in total. The third-order valence-electron chi connectivity index (χ3n) is 2.53. The summed E-state index contributed by atoms with van der Waals surface area (Å²) in [7, 11) is 0. The Morgan fingerprint density at radius 2 is 2.14 bits per heavy atom. The lowest BCUT2D eigenvalue weighted by Gasteiger charge is -2.14. The molecule has 0 radical (unpaired) electrons. The number of nitrogens with zero attached hydrogens (tertiary/aromatic N) is 1. The fourth-order valence-corrected chi connectivity index (χ4v) is 2.78. The molecule has 1 amide bonds. The van der Waals surface area contributed by atoms with E-state index in [-0.39, 0.29) is 11.1 Å². The van der Waals surface area contributed by atoms with Gasteiger partial charge in [0.25, 0.3) is 5.91 Å². The van der Waals surface area contributed by atoms with E-state index in [0.717, 1.165) is 0 Å². The number of hydrogen-bond acceptors (Lipinski definition) is 3. The number of carbonyl (C=O) groups excluding carboxylic acids is 1. The van der Waals surface area contributed by atoms with E-state index in [0.29, 0.717) is 33.1 Å². The molecule has 0 aliphatic carbocycles. The molecule has 0 atom stereocenters. The summed E-state index contributed by atoms with van der Waals surface area (Å²) in [6.45, 7) is 2.32. The van der Waals surface area contributed by atoms with Crippen molar-refractivity contribution in [1.82, 2.24) is 4.98 Å². The van der Waals surface area contributed by atoms with Crippen LogP contribution < -0.4 is 10.1 Å². The summed E-state index contributed by atoms with van der Waals surface area (Å²) >= 11 is 15.2. The Hall–Kier alpha value is -1.30. The molecule has 0 spiro atoms. The van der Waals surface area contributed by atoms with Gasteiger partial charge in [0.2, 0.25) is 0 Å². The molecule has 21 heavy (non-hydrogen) atoms. The lowest BCUT2D eigenvalue weighted by Crippen LogP contribution is -2.13. The number of aromatic nitrogens is 1. The maximum absolute atomic E-state index is 12.2. The minimum atomic E-state index is -0.325. The van der Waals surface area contributed by atoms with Crippen molar-refractivity contribution in [2.75, 3.05) is 11.9 Å². The monoisotopic (exact) mass is 388 g/mol. The second-order valence-corrected chi connectivity index (χ2v) is 5.70. The summed E-state index contributed by atoms with van der Waals surface area (Å²) in [6.07, 6.45) is 1.47. The first kappa shape index (κ1) is 16.1. The zero-order valence-electron chi connectivity index (χ0n) is 11.0. The summed E-state index contributed by atoms with van der Waals surface area (Å²) in [5.74, 6) is 0.199. The number of hydrogen-bond donors (Lipinski definition) is 1. The molecular formula is C14H11BrCl2N2O2. The number of carbonyl (C=O) groups is 1. The van der Waals surface area contributed by atoms with Gasteiger partial charge in [-0.15, -0.1) is 0 Å². The highest BCUT2D eigenvalue weighted by Crippen LogP contribution is 2.36. The molecule has 0 saturated carbocycles. The Morgan fingerprint density at radius 1 is 1.38 bits per heavy atom. The van der Waals surface area contributed by atoms with Crippen LogP contribution in [0.5, 0.6) is 5.75 Å². The molecule has 1 heterocycles. The standard InChI is InChI=1S/C14H11BrCl2N2O2/c1-2-21-13-10(15)6-9(16)7-11(13)19-14(20)8-3-4-18-12(17)5-8/h3-7H,2H2,1H3,(H,19,20). The smallest absolute Gasteiger partial charge is 0.255 e. The predicted octanol–water partition coefficient (Wildman–Crippen LogP) is 4.80. The maximum Gasteiger partial charge on any atom is 0.255 e. The first-order chi connectivity index (χ1) is 10.0. The van der Waals surface area contributed by atoms with Crippen molar-refractivity contribution < 1.29 is 9.53 Å². The molecule has 0 aliphatic heterocycles. The molecule has 2 rings (SSSR count). The molecule has 0 unspecified atom stereocenters. The Bertz CT molecular complexity index is 680. The van der Waals surface area contributed by atoms with Gasteiger partial charge in [-0.05, 0) is 47.1 Å². The van der Waals surface area contributed by atoms with Crippen molar-refractivity contribution in [2.45, 2.75) is 6.92 Å². The molecule has 0 saturated heterocycles. The number of amides is 1. The highest BCUT2D eigenvalue weighted by Gasteiger charge is 2.14. The Morgan fingerprint density at radius 3 is 2.81 bits per heavy atom. The average molecular weight is 390 g/mol. The summed E-state index contributed by atoms with van der Waals surface area (Å²) < 4.78 is 6.19. The first-order valence-corrected chi connectivity index (χ1v) is 7.61. The predicted molar refractivity (Wildman–Crippen MR) is 87.5 cm³/mol. The van der Waals surface area contributed by atoms with Crippen LogP contribution in [-0.2, 0) is 0 Å². The largest absolute Gasteiger partial charge is 0.491 e. The van der Waals surface area contributed by atoms with E-state index >= 15 is 0 Å². The van der Waals surface area contributed by atoms with Crippen LogP contribution in [0.2, 0.25) is 10.2 Å². The van der Waals surface area contributed by atoms with E-state index in [1.165, 1.54) is 12.3 Å². The van der Waals surface area contributed by atoms with E-state index in [4.69, 9.17) is 27.9 Å². The molecular weight excluding hydrogens is 379 g/mol. The molecule has 0 fully saturated rings. The van der Waals surface area contributed by atoms with Gasteiger partial charge < -0.3 is 10.1 Å². The van der Waals surface area contributed by atoms with Crippen LogP contribution in [0.1, 0.15) is 17.3 Å². The molecule has 0 bridgehead atoms. The zero-order valence-corrected chi connectivity index (χ0v) is 14.1. The van der Waals surface area contributed by atoms with Gasteiger partial charge in [0.05, 0.1) is 16.8 Å². The van der Waals surface area contributed by atoms with Crippen LogP contribution in [0.25, 0.3) is 0 Å². The minimum absolute atomic E-state index is 0.250. The van der Waals surface area contributed by atoms with Crippen LogP contribution >= 0.6 is 39.1 Å². The van der Waals surface area contributed by atoms with Crippen molar-refractivity contribution in [3.8, 4) is 5.75 Å². The lowest BCUT2D eigenvalue weighted by atomic mass is 10.2. The third kappa shape index (κ3) is 4.09. The van der Waals surface area contributed by atoms with E-state index < -0.39 is 0 Å². The fourth-order valence-electron chi connectivity index (χ4n) is 1.68. The minimum Gasteiger partial charge on any atom is -0.491 e. The second kappa shape index (κ2) is 7.11. The summed E-state index contributed by atoms with van der Waals surface area (Å²) in [5, 5.41) is 3.49. The van der Waals surface area contributed by atoms with Gasteiger partial charge in [0.1, 0.15) is 5.15 Å².